The van der Waals surface area contributed by atoms with Crippen LogP contribution >= 0.6 is 0 Å². The molecule has 0 fully saturated rings. The Bertz CT molecular complexity index is 616. The largest absolute Gasteiger partial charge is 0.395 e. The maximum Gasteiger partial charge on any atom is 0.278 e. The molecule has 1 aromatic carbocycles. The molecular formula is C14H18N4O. The minimum Gasteiger partial charge on any atom is -0.395 e. The lowest BCUT2D eigenvalue weighted by Gasteiger charge is -2.12. The van der Waals surface area contributed by atoms with Crippen LogP contribution in [0.2, 0.25) is 0 Å². The molecule has 0 unspecified atom stereocenters. The van der Waals surface area contributed by atoms with Gasteiger partial charge in [-0.3, -0.25) is 9.89 Å². The fourth-order valence-electron chi connectivity index (χ4n) is 1.99. The summed E-state index contributed by atoms with van der Waals surface area (Å²) in [5.41, 5.74) is 10.1. The van der Waals surface area contributed by atoms with E-state index in [2.05, 4.69) is 22.4 Å². The molecule has 0 aliphatic carbocycles. The van der Waals surface area contributed by atoms with E-state index in [-0.39, 0.29) is 11.6 Å². The van der Waals surface area contributed by atoms with Crippen molar-refractivity contribution in [1.29, 1.82) is 0 Å². The molecule has 0 saturated carbocycles. The number of nitrogen functional groups attached to an aromatic ring is 1. The Kier molecular flexibility index (Phi) is 3.55. The number of hydrogen-bond donors (Lipinski definition) is 3. The van der Waals surface area contributed by atoms with E-state index in [0.29, 0.717) is 11.4 Å². The Morgan fingerprint density at radius 2 is 2.16 bits per heavy atom. The lowest BCUT2D eigenvalue weighted by Crippen LogP contribution is -2.16. The fourth-order valence-corrected chi connectivity index (χ4v) is 1.99. The minimum atomic E-state index is -0.286. The number of rotatable bonds is 3. The van der Waals surface area contributed by atoms with Crippen molar-refractivity contribution in [3.8, 4) is 0 Å². The highest BCUT2D eigenvalue weighted by Crippen LogP contribution is 2.22. The molecule has 19 heavy (non-hydrogen) atoms. The first-order valence-corrected chi connectivity index (χ1v) is 6.24. The first-order valence-electron chi connectivity index (χ1n) is 6.24. The van der Waals surface area contributed by atoms with Crippen molar-refractivity contribution in [2.45, 2.75) is 27.2 Å². The number of carbonyl (C=O) groups excluding carboxylic acids is 1. The van der Waals surface area contributed by atoms with E-state index in [0.717, 1.165) is 23.2 Å². The van der Waals surface area contributed by atoms with Crippen molar-refractivity contribution in [2.75, 3.05) is 11.1 Å². The zero-order chi connectivity index (χ0) is 14.0. The third kappa shape index (κ3) is 2.45. The Hall–Kier alpha value is -2.30. The average Bonchev–Trinajstić information content (AvgIpc) is 2.72. The third-order valence-electron chi connectivity index (χ3n) is 3.19. The molecule has 2 aromatic rings. The molecule has 0 spiro atoms. The van der Waals surface area contributed by atoms with Crippen LogP contribution in [0.15, 0.2) is 18.2 Å². The number of carbonyl (C=O) groups is 1. The number of benzene rings is 1. The molecule has 0 atom stereocenters. The number of nitrogens with one attached hydrogen (secondary N) is 2. The molecule has 0 aliphatic rings. The first-order chi connectivity index (χ1) is 9.04. The highest BCUT2D eigenvalue weighted by molar-refractivity contribution is 6.07. The average molecular weight is 258 g/mol. The van der Waals surface area contributed by atoms with E-state index in [1.165, 1.54) is 0 Å². The van der Waals surface area contributed by atoms with Crippen LogP contribution < -0.4 is 11.1 Å². The smallest absolute Gasteiger partial charge is 0.278 e. The maximum atomic E-state index is 12.2. The van der Waals surface area contributed by atoms with Gasteiger partial charge in [0.05, 0.1) is 11.4 Å². The molecule has 1 heterocycles. The third-order valence-corrected chi connectivity index (χ3v) is 3.19. The van der Waals surface area contributed by atoms with E-state index < -0.39 is 0 Å². The molecule has 1 aromatic heterocycles. The van der Waals surface area contributed by atoms with Gasteiger partial charge in [-0.1, -0.05) is 25.1 Å². The normalized spacial score (nSPS) is 10.5. The van der Waals surface area contributed by atoms with Gasteiger partial charge in [-0.25, -0.2) is 0 Å². The quantitative estimate of drug-likeness (QED) is 0.790. The molecule has 0 saturated heterocycles. The Labute approximate surface area is 112 Å². The predicted molar refractivity (Wildman–Crippen MR) is 76.2 cm³/mol. The van der Waals surface area contributed by atoms with Gasteiger partial charge >= 0.3 is 0 Å². The van der Waals surface area contributed by atoms with Gasteiger partial charge in [0, 0.05) is 5.69 Å². The molecule has 4 N–H and O–H groups in total. The first kappa shape index (κ1) is 13.1. The molecule has 1 amide bonds. The summed E-state index contributed by atoms with van der Waals surface area (Å²) >= 11 is 0. The van der Waals surface area contributed by atoms with Crippen LogP contribution in [0.25, 0.3) is 0 Å². The van der Waals surface area contributed by atoms with E-state index in [1.807, 2.05) is 25.1 Å². The summed E-state index contributed by atoms with van der Waals surface area (Å²) in [5.74, 6) is -0.286. The predicted octanol–water partition coefficient (Wildman–Crippen LogP) is 2.42. The fraction of sp³-hybridized carbons (Fsp3) is 0.286. The van der Waals surface area contributed by atoms with Crippen LogP contribution in [0.5, 0.6) is 0 Å². The number of aromatic nitrogens is 2. The molecule has 5 heteroatoms. The molecule has 0 bridgehead atoms. The number of para-hydroxylation sites is 1. The number of anilines is 2. The van der Waals surface area contributed by atoms with Crippen LogP contribution in [0.4, 0.5) is 11.4 Å². The Morgan fingerprint density at radius 3 is 2.74 bits per heavy atom. The summed E-state index contributed by atoms with van der Waals surface area (Å²) in [6, 6.07) is 5.95. The van der Waals surface area contributed by atoms with E-state index in [4.69, 9.17) is 5.73 Å². The number of amides is 1. The van der Waals surface area contributed by atoms with E-state index in [9.17, 15) is 4.79 Å². The number of nitrogens with zero attached hydrogens (tertiary/aromatic N) is 1. The second-order valence-corrected chi connectivity index (χ2v) is 4.53. The molecular weight excluding hydrogens is 240 g/mol. The molecule has 5 nitrogen and oxygen atoms in total. The summed E-state index contributed by atoms with van der Waals surface area (Å²) in [4.78, 5) is 12.2. The van der Waals surface area contributed by atoms with Crippen molar-refractivity contribution < 1.29 is 4.79 Å². The summed E-state index contributed by atoms with van der Waals surface area (Å²) in [7, 11) is 0. The number of hydrogen-bond acceptors (Lipinski definition) is 3. The Balaban J connectivity index is 2.32. The van der Waals surface area contributed by atoms with Crippen molar-refractivity contribution >= 4 is 17.3 Å². The number of H-pyrrole nitrogens is 1. The summed E-state index contributed by atoms with van der Waals surface area (Å²) in [6.07, 6.45) is 0.854. The van der Waals surface area contributed by atoms with Crippen molar-refractivity contribution in [2.24, 2.45) is 0 Å². The monoisotopic (exact) mass is 258 g/mol. The number of aromatic amines is 1. The summed E-state index contributed by atoms with van der Waals surface area (Å²) in [5, 5.41) is 9.54. The van der Waals surface area contributed by atoms with Crippen molar-refractivity contribution in [3.05, 3.63) is 40.7 Å². The van der Waals surface area contributed by atoms with Crippen molar-refractivity contribution in [1.82, 2.24) is 10.2 Å². The Morgan fingerprint density at radius 1 is 1.42 bits per heavy atom. The zero-order valence-corrected chi connectivity index (χ0v) is 11.4. The lowest BCUT2D eigenvalue weighted by atomic mass is 10.1. The van der Waals surface area contributed by atoms with Gasteiger partial charge in [0.2, 0.25) is 0 Å². The molecule has 0 aliphatic heterocycles. The number of nitrogens with two attached hydrogens (primary N) is 1. The van der Waals surface area contributed by atoms with Crippen LogP contribution in [-0.2, 0) is 6.42 Å². The van der Waals surface area contributed by atoms with Crippen LogP contribution in [0, 0.1) is 13.8 Å². The van der Waals surface area contributed by atoms with Crippen LogP contribution in [-0.4, -0.2) is 16.1 Å². The zero-order valence-electron chi connectivity index (χ0n) is 11.4. The SMILES string of the molecule is CCc1cccc(C)c1NC(=O)c1n[nH]c(C)c1N. The van der Waals surface area contributed by atoms with Gasteiger partial charge in [0.15, 0.2) is 5.69 Å². The van der Waals surface area contributed by atoms with Gasteiger partial charge in [0.1, 0.15) is 0 Å². The molecule has 100 valence electrons. The maximum absolute atomic E-state index is 12.2. The highest BCUT2D eigenvalue weighted by Gasteiger charge is 2.17. The van der Waals surface area contributed by atoms with Gasteiger partial charge in [-0.2, -0.15) is 5.10 Å². The van der Waals surface area contributed by atoms with Gasteiger partial charge in [-0.15, -0.1) is 0 Å². The standard InChI is InChI=1S/C14H18N4O/c1-4-10-7-5-6-8(2)12(10)16-14(19)13-11(15)9(3)17-18-13/h5-7H,4,15H2,1-3H3,(H,16,19)(H,17,18). The van der Waals surface area contributed by atoms with Crippen LogP contribution in [0.1, 0.15) is 34.2 Å². The second kappa shape index (κ2) is 5.14. The van der Waals surface area contributed by atoms with Gasteiger partial charge in [0.25, 0.3) is 5.91 Å². The second-order valence-electron chi connectivity index (χ2n) is 4.53. The highest BCUT2D eigenvalue weighted by atomic mass is 16.2. The summed E-state index contributed by atoms with van der Waals surface area (Å²) < 4.78 is 0. The summed E-state index contributed by atoms with van der Waals surface area (Å²) in [6.45, 7) is 5.80. The minimum absolute atomic E-state index is 0.239. The number of aryl methyl sites for hydroxylation is 3. The van der Waals surface area contributed by atoms with Crippen LogP contribution in [0.3, 0.4) is 0 Å². The van der Waals surface area contributed by atoms with Crippen molar-refractivity contribution in [3.63, 3.8) is 0 Å². The van der Waals surface area contributed by atoms with Gasteiger partial charge in [-0.05, 0) is 31.4 Å². The lowest BCUT2D eigenvalue weighted by molar-refractivity contribution is 0.102. The topological polar surface area (TPSA) is 83.8 Å². The van der Waals surface area contributed by atoms with Gasteiger partial charge < -0.3 is 11.1 Å². The molecule has 0 radical (unpaired) electrons. The molecule has 2 rings (SSSR count). The van der Waals surface area contributed by atoms with E-state index >= 15 is 0 Å². The van der Waals surface area contributed by atoms with E-state index in [1.54, 1.807) is 6.92 Å².